The Hall–Kier alpha value is -1.05. The van der Waals surface area contributed by atoms with Gasteiger partial charge in [-0.3, -0.25) is 0 Å². The van der Waals surface area contributed by atoms with Crippen molar-refractivity contribution in [3.63, 3.8) is 0 Å². The van der Waals surface area contributed by atoms with Crippen LogP contribution in [-0.4, -0.2) is 6.17 Å². The molecule has 0 aromatic carbocycles. The van der Waals surface area contributed by atoms with Gasteiger partial charge in [0.1, 0.15) is 0 Å². The first kappa shape index (κ1) is 7.06. The monoisotopic (exact) mass is 139 g/mol. The predicted molar refractivity (Wildman–Crippen MR) is 40.1 cm³/mol. The maximum absolute atomic E-state index is 12.7. The summed E-state index contributed by atoms with van der Waals surface area (Å²) in [7, 11) is 0. The average molecular weight is 139 g/mol. The van der Waals surface area contributed by atoms with Crippen molar-refractivity contribution in [2.75, 3.05) is 0 Å². The Morgan fingerprint density at radius 1 is 1.80 bits per heavy atom. The van der Waals surface area contributed by atoms with Crippen molar-refractivity contribution in [1.82, 2.24) is 5.32 Å². The number of dihydropyridines is 1. The van der Waals surface area contributed by atoms with Gasteiger partial charge in [0.15, 0.2) is 6.17 Å². The summed E-state index contributed by atoms with van der Waals surface area (Å²) in [6, 6.07) is 0. The van der Waals surface area contributed by atoms with Gasteiger partial charge in [-0.15, -0.1) is 0 Å². The summed E-state index contributed by atoms with van der Waals surface area (Å²) in [6.07, 6.45) is 6.51. The summed E-state index contributed by atoms with van der Waals surface area (Å²) < 4.78 is 12.7. The molecule has 0 aromatic heterocycles. The summed E-state index contributed by atoms with van der Waals surface area (Å²) >= 11 is 0. The van der Waals surface area contributed by atoms with E-state index in [2.05, 4.69) is 11.9 Å². The SMILES string of the molecule is C=CC(F)C1=CCC=CN1. The molecule has 1 heterocycles. The molecule has 1 nitrogen and oxygen atoms in total. The molecule has 0 fully saturated rings. The molecule has 0 radical (unpaired) electrons. The number of rotatable bonds is 2. The first-order valence-corrected chi connectivity index (χ1v) is 3.23. The van der Waals surface area contributed by atoms with Crippen LogP contribution in [0.3, 0.4) is 0 Å². The molecule has 1 N–H and O–H groups in total. The van der Waals surface area contributed by atoms with Gasteiger partial charge < -0.3 is 5.32 Å². The number of alkyl halides is 1. The quantitative estimate of drug-likeness (QED) is 0.576. The molecular weight excluding hydrogens is 129 g/mol. The Balaban J connectivity index is 2.55. The standard InChI is InChI=1S/C8H10FN/c1-2-7(9)8-5-3-4-6-10-8/h2,4-7,10H,1,3H2. The second-order valence-corrected chi connectivity index (χ2v) is 2.08. The van der Waals surface area contributed by atoms with Crippen molar-refractivity contribution >= 4 is 0 Å². The Bertz CT molecular complexity index is 182. The van der Waals surface area contributed by atoms with E-state index in [0.29, 0.717) is 5.70 Å². The Morgan fingerprint density at radius 2 is 2.60 bits per heavy atom. The number of hydrogen-bond acceptors (Lipinski definition) is 1. The van der Waals surface area contributed by atoms with Crippen LogP contribution in [0.5, 0.6) is 0 Å². The average Bonchev–Trinajstić information content (AvgIpc) is 2.05. The minimum absolute atomic E-state index is 0.595. The lowest BCUT2D eigenvalue weighted by molar-refractivity contribution is 0.436. The van der Waals surface area contributed by atoms with Crippen molar-refractivity contribution in [3.8, 4) is 0 Å². The van der Waals surface area contributed by atoms with Gasteiger partial charge in [-0.2, -0.15) is 0 Å². The lowest BCUT2D eigenvalue weighted by Crippen LogP contribution is -2.16. The van der Waals surface area contributed by atoms with Gasteiger partial charge in [-0.05, 0) is 12.6 Å². The van der Waals surface area contributed by atoms with Gasteiger partial charge in [-0.25, -0.2) is 4.39 Å². The second-order valence-electron chi connectivity index (χ2n) is 2.08. The molecule has 1 aliphatic rings. The topological polar surface area (TPSA) is 12.0 Å². The zero-order valence-electron chi connectivity index (χ0n) is 5.68. The molecule has 0 bridgehead atoms. The molecule has 0 saturated heterocycles. The highest BCUT2D eigenvalue weighted by atomic mass is 19.1. The van der Waals surface area contributed by atoms with Gasteiger partial charge in [-0.1, -0.05) is 24.8 Å². The van der Waals surface area contributed by atoms with Gasteiger partial charge in [0, 0.05) is 5.70 Å². The number of halogens is 1. The summed E-state index contributed by atoms with van der Waals surface area (Å²) in [5, 5.41) is 2.80. The van der Waals surface area contributed by atoms with Crippen LogP contribution in [0.25, 0.3) is 0 Å². The minimum Gasteiger partial charge on any atom is -0.363 e. The van der Waals surface area contributed by atoms with Gasteiger partial charge >= 0.3 is 0 Å². The third kappa shape index (κ3) is 1.47. The van der Waals surface area contributed by atoms with Gasteiger partial charge in [0.05, 0.1) is 0 Å². The molecule has 1 aliphatic heterocycles. The van der Waals surface area contributed by atoms with Crippen LogP contribution in [-0.2, 0) is 0 Å². The summed E-state index contributed by atoms with van der Waals surface area (Å²) in [6.45, 7) is 3.36. The lowest BCUT2D eigenvalue weighted by atomic mass is 10.2. The molecule has 10 heavy (non-hydrogen) atoms. The lowest BCUT2D eigenvalue weighted by Gasteiger charge is -2.11. The number of nitrogens with one attached hydrogen (secondary N) is 1. The minimum atomic E-state index is -1.05. The molecular formula is C8H10FN. The van der Waals surface area contributed by atoms with E-state index in [9.17, 15) is 4.39 Å². The first-order chi connectivity index (χ1) is 4.84. The van der Waals surface area contributed by atoms with Crippen LogP contribution >= 0.6 is 0 Å². The second kappa shape index (κ2) is 3.20. The highest BCUT2D eigenvalue weighted by Crippen LogP contribution is 2.08. The molecule has 0 saturated carbocycles. The largest absolute Gasteiger partial charge is 0.363 e. The maximum atomic E-state index is 12.7. The van der Waals surface area contributed by atoms with E-state index < -0.39 is 6.17 Å². The van der Waals surface area contributed by atoms with Crippen LogP contribution in [0.4, 0.5) is 4.39 Å². The summed E-state index contributed by atoms with van der Waals surface area (Å²) in [4.78, 5) is 0. The fourth-order valence-corrected chi connectivity index (χ4v) is 0.796. The van der Waals surface area contributed by atoms with Crippen molar-refractivity contribution in [2.24, 2.45) is 0 Å². The van der Waals surface area contributed by atoms with Crippen LogP contribution in [0.15, 0.2) is 36.7 Å². The Labute approximate surface area is 59.9 Å². The van der Waals surface area contributed by atoms with E-state index in [4.69, 9.17) is 0 Å². The van der Waals surface area contributed by atoms with Crippen molar-refractivity contribution in [3.05, 3.63) is 36.7 Å². The normalized spacial score (nSPS) is 19.1. The van der Waals surface area contributed by atoms with Crippen molar-refractivity contribution in [2.45, 2.75) is 12.6 Å². The molecule has 0 aliphatic carbocycles. The van der Waals surface area contributed by atoms with Crippen LogP contribution in [0, 0.1) is 0 Å². The molecule has 0 spiro atoms. The highest BCUT2D eigenvalue weighted by Gasteiger charge is 2.07. The smallest absolute Gasteiger partial charge is 0.157 e. The molecule has 1 unspecified atom stereocenters. The van der Waals surface area contributed by atoms with Crippen LogP contribution in [0.2, 0.25) is 0 Å². The van der Waals surface area contributed by atoms with Gasteiger partial charge in [0.25, 0.3) is 0 Å². The highest BCUT2D eigenvalue weighted by molar-refractivity contribution is 5.18. The fourth-order valence-electron chi connectivity index (χ4n) is 0.796. The first-order valence-electron chi connectivity index (χ1n) is 3.23. The Morgan fingerprint density at radius 3 is 3.10 bits per heavy atom. The fraction of sp³-hybridized carbons (Fsp3) is 0.250. The summed E-state index contributed by atoms with van der Waals surface area (Å²) in [5.74, 6) is 0. The third-order valence-electron chi connectivity index (χ3n) is 1.35. The van der Waals surface area contributed by atoms with Crippen molar-refractivity contribution < 1.29 is 4.39 Å². The zero-order chi connectivity index (χ0) is 7.40. The number of hydrogen-bond donors (Lipinski definition) is 1. The van der Waals surface area contributed by atoms with E-state index in [1.54, 1.807) is 6.20 Å². The van der Waals surface area contributed by atoms with Crippen LogP contribution < -0.4 is 5.32 Å². The maximum Gasteiger partial charge on any atom is 0.157 e. The molecule has 0 amide bonds. The van der Waals surface area contributed by atoms with E-state index in [0.717, 1.165) is 6.42 Å². The third-order valence-corrected chi connectivity index (χ3v) is 1.35. The molecule has 0 aromatic rings. The van der Waals surface area contributed by atoms with Crippen LogP contribution in [0.1, 0.15) is 6.42 Å². The van der Waals surface area contributed by atoms with Crippen molar-refractivity contribution in [1.29, 1.82) is 0 Å². The predicted octanol–water partition coefficient (Wildman–Crippen LogP) is 1.90. The zero-order valence-corrected chi connectivity index (χ0v) is 5.68. The van der Waals surface area contributed by atoms with Gasteiger partial charge in [0.2, 0.25) is 0 Å². The molecule has 54 valence electrons. The van der Waals surface area contributed by atoms with E-state index >= 15 is 0 Å². The Kier molecular flexibility index (Phi) is 2.26. The molecule has 1 atom stereocenters. The number of allylic oxidation sites excluding steroid dienone is 3. The molecule has 1 rings (SSSR count). The van der Waals surface area contributed by atoms with E-state index in [1.165, 1.54) is 6.08 Å². The van der Waals surface area contributed by atoms with E-state index in [1.807, 2.05) is 12.2 Å². The summed E-state index contributed by atoms with van der Waals surface area (Å²) in [5.41, 5.74) is 0.595. The molecule has 2 heteroatoms. The van der Waals surface area contributed by atoms with E-state index in [-0.39, 0.29) is 0 Å².